The quantitative estimate of drug-likeness (QED) is 0.597. The third-order valence-corrected chi connectivity index (χ3v) is 5.87. The number of hydrogen-bond acceptors (Lipinski definition) is 6. The number of hydrogen-bond donors (Lipinski definition) is 1. The number of aliphatic hydroxyl groups is 1. The number of aliphatic imine (C=N–C) groups is 1. The van der Waals surface area contributed by atoms with Gasteiger partial charge in [-0.05, 0) is 17.3 Å². The van der Waals surface area contributed by atoms with Gasteiger partial charge in [-0.2, -0.15) is 0 Å². The van der Waals surface area contributed by atoms with Crippen molar-refractivity contribution in [3.05, 3.63) is 35.0 Å². The van der Waals surface area contributed by atoms with Crippen LogP contribution in [0.5, 0.6) is 0 Å². The van der Waals surface area contributed by atoms with Crippen molar-refractivity contribution in [2.24, 2.45) is 4.99 Å². The Morgan fingerprint density at radius 1 is 1.58 bits per heavy atom. The monoisotopic (exact) mass is 295 g/mol. The number of nitrogens with zero attached hydrogens (tertiary/aromatic N) is 1. The lowest BCUT2D eigenvalue weighted by atomic mass is 10.1. The molecule has 3 rings (SSSR count). The number of carbonyl (C=O) groups excluding carboxylic acids is 2. The SMILES string of the molecule is O=C1C=C[S+]([O-])C1C(=O)S[C@@]12C=CC(O)=C1CN=C2. The molecule has 0 spiro atoms. The van der Waals surface area contributed by atoms with E-state index >= 15 is 0 Å². The highest BCUT2D eigenvalue weighted by Crippen LogP contribution is 2.43. The van der Waals surface area contributed by atoms with E-state index < -0.39 is 32.1 Å². The number of aliphatic hydroxyl groups excluding tert-OH is 1. The third kappa shape index (κ3) is 1.89. The second-order valence-corrected chi connectivity index (χ2v) is 6.98. The van der Waals surface area contributed by atoms with Crippen molar-refractivity contribution in [2.75, 3.05) is 6.54 Å². The van der Waals surface area contributed by atoms with Crippen molar-refractivity contribution in [2.45, 2.75) is 10.00 Å². The van der Waals surface area contributed by atoms with E-state index in [-0.39, 0.29) is 5.76 Å². The molecule has 0 fully saturated rings. The van der Waals surface area contributed by atoms with Gasteiger partial charge >= 0.3 is 0 Å². The summed E-state index contributed by atoms with van der Waals surface area (Å²) in [5.41, 5.74) is 0.634. The first-order valence-electron chi connectivity index (χ1n) is 5.50. The molecule has 1 N–H and O–H groups in total. The zero-order valence-corrected chi connectivity index (χ0v) is 11.2. The average Bonchev–Trinajstić information content (AvgIpc) is 2.98. The Bertz CT molecular complexity index is 593. The molecule has 3 aliphatic rings. The molecule has 0 bridgehead atoms. The van der Waals surface area contributed by atoms with Crippen molar-refractivity contribution < 1.29 is 19.2 Å². The summed E-state index contributed by atoms with van der Waals surface area (Å²) in [7, 11) is 0. The lowest BCUT2D eigenvalue weighted by Gasteiger charge is -2.21. The van der Waals surface area contributed by atoms with Gasteiger partial charge in [-0.15, -0.1) is 0 Å². The van der Waals surface area contributed by atoms with Gasteiger partial charge in [-0.1, -0.05) is 17.8 Å². The zero-order chi connectivity index (χ0) is 13.6. The summed E-state index contributed by atoms with van der Waals surface area (Å²) in [5.74, 6) is -0.325. The van der Waals surface area contributed by atoms with Gasteiger partial charge in [0.15, 0.2) is 0 Å². The molecule has 0 radical (unpaired) electrons. The van der Waals surface area contributed by atoms with Crippen LogP contribution in [0.4, 0.5) is 0 Å². The van der Waals surface area contributed by atoms with Gasteiger partial charge in [0.2, 0.25) is 11.0 Å². The first kappa shape index (κ1) is 12.7. The number of carbonyl (C=O) groups is 2. The van der Waals surface area contributed by atoms with E-state index in [1.807, 2.05) is 0 Å². The molecule has 5 nitrogen and oxygen atoms in total. The highest BCUT2D eigenvalue weighted by Gasteiger charge is 2.47. The van der Waals surface area contributed by atoms with Gasteiger partial charge in [0.1, 0.15) is 15.9 Å². The van der Waals surface area contributed by atoms with Crippen molar-refractivity contribution in [3.63, 3.8) is 0 Å². The van der Waals surface area contributed by atoms with Gasteiger partial charge in [-0.25, -0.2) is 0 Å². The van der Waals surface area contributed by atoms with Gasteiger partial charge in [0.05, 0.1) is 6.54 Å². The predicted molar refractivity (Wildman–Crippen MR) is 73.6 cm³/mol. The van der Waals surface area contributed by atoms with Crippen molar-refractivity contribution >= 4 is 40.1 Å². The molecule has 0 aromatic carbocycles. The molecule has 7 heteroatoms. The van der Waals surface area contributed by atoms with Gasteiger partial charge in [-0.3, -0.25) is 14.6 Å². The molecule has 3 atom stereocenters. The molecule has 0 aromatic heterocycles. The lowest BCUT2D eigenvalue weighted by molar-refractivity contribution is -0.119. The summed E-state index contributed by atoms with van der Waals surface area (Å²) in [6, 6.07) is 0. The summed E-state index contributed by atoms with van der Waals surface area (Å²) in [6.07, 6.45) is 5.96. The molecular weight excluding hydrogens is 286 g/mol. The van der Waals surface area contributed by atoms with E-state index in [9.17, 15) is 19.2 Å². The van der Waals surface area contributed by atoms with E-state index in [2.05, 4.69) is 4.99 Å². The summed E-state index contributed by atoms with van der Waals surface area (Å²) < 4.78 is 10.8. The van der Waals surface area contributed by atoms with E-state index in [0.717, 1.165) is 11.8 Å². The van der Waals surface area contributed by atoms with E-state index in [0.29, 0.717) is 12.1 Å². The average molecular weight is 295 g/mol. The Hall–Kier alpha value is -1.31. The Balaban J connectivity index is 1.83. The summed E-state index contributed by atoms with van der Waals surface area (Å²) in [5, 5.41) is 9.34. The Morgan fingerprint density at radius 3 is 3.05 bits per heavy atom. The van der Waals surface area contributed by atoms with Crippen molar-refractivity contribution in [1.29, 1.82) is 0 Å². The molecule has 0 saturated heterocycles. The molecule has 2 unspecified atom stereocenters. The summed E-state index contributed by atoms with van der Waals surface area (Å²) >= 11 is -0.701. The summed E-state index contributed by atoms with van der Waals surface area (Å²) in [6.45, 7) is 0.332. The molecule has 1 aliphatic carbocycles. The second kappa shape index (κ2) is 4.36. The van der Waals surface area contributed by atoms with Crippen LogP contribution in [0.15, 0.2) is 40.0 Å². The molecule has 98 valence electrons. The first-order chi connectivity index (χ1) is 9.03. The van der Waals surface area contributed by atoms with E-state index in [1.54, 1.807) is 12.3 Å². The maximum atomic E-state index is 12.2. The van der Waals surface area contributed by atoms with Crippen LogP contribution in [0.25, 0.3) is 0 Å². The Kier molecular flexibility index (Phi) is 2.92. The second-order valence-electron chi connectivity index (χ2n) is 4.29. The zero-order valence-electron chi connectivity index (χ0n) is 9.61. The smallest absolute Gasteiger partial charge is 0.251 e. The predicted octanol–water partition coefficient (Wildman–Crippen LogP) is 0.665. The molecule has 0 amide bonds. The number of thioether (sulfide) groups is 1. The van der Waals surface area contributed by atoms with Gasteiger partial charge < -0.3 is 9.66 Å². The van der Waals surface area contributed by atoms with Crippen molar-refractivity contribution in [3.8, 4) is 0 Å². The number of ketones is 1. The highest BCUT2D eigenvalue weighted by atomic mass is 32.2. The molecule has 2 aliphatic heterocycles. The topological polar surface area (TPSA) is 89.8 Å². The molecule has 0 saturated carbocycles. The molecule has 0 aromatic rings. The van der Waals surface area contributed by atoms with Gasteiger partial charge in [0, 0.05) is 17.9 Å². The Morgan fingerprint density at radius 2 is 2.37 bits per heavy atom. The van der Waals surface area contributed by atoms with E-state index in [4.69, 9.17) is 0 Å². The van der Waals surface area contributed by atoms with Crippen LogP contribution in [-0.4, -0.2) is 43.3 Å². The molecule has 19 heavy (non-hydrogen) atoms. The third-order valence-electron chi connectivity index (χ3n) is 3.14. The Labute approximate surface area is 116 Å². The largest absolute Gasteiger partial charge is 0.611 e. The molecular formula is C12H9NO4S2. The lowest BCUT2D eigenvalue weighted by Crippen LogP contribution is -2.35. The fourth-order valence-electron chi connectivity index (χ4n) is 2.17. The number of fused-ring (bicyclic) bond motifs is 1. The highest BCUT2D eigenvalue weighted by molar-refractivity contribution is 8.17. The van der Waals surface area contributed by atoms with Crippen LogP contribution in [-0.2, 0) is 20.8 Å². The number of rotatable bonds is 2. The fourth-order valence-corrected chi connectivity index (χ4v) is 4.63. The van der Waals surface area contributed by atoms with Crippen LogP contribution < -0.4 is 0 Å². The van der Waals surface area contributed by atoms with Crippen LogP contribution in [0.2, 0.25) is 0 Å². The summed E-state index contributed by atoms with van der Waals surface area (Å²) in [4.78, 5) is 27.8. The van der Waals surface area contributed by atoms with Crippen LogP contribution >= 0.6 is 11.8 Å². The van der Waals surface area contributed by atoms with Gasteiger partial charge in [0.25, 0.3) is 5.12 Å². The maximum Gasteiger partial charge on any atom is 0.251 e. The van der Waals surface area contributed by atoms with E-state index in [1.165, 1.54) is 17.6 Å². The standard InChI is InChI=1S/C12H9NO4S2/c14-8-1-3-12(6-13-5-7(8)12)18-11(16)10-9(15)2-4-19(10)17/h1-4,6,10,14H,5H2/t10?,12-,19?/m1/s1. The van der Waals surface area contributed by atoms with Crippen LogP contribution in [0.1, 0.15) is 0 Å². The normalized spacial score (nSPS) is 35.5. The maximum absolute atomic E-state index is 12.2. The minimum absolute atomic E-state index is 0.106. The molecule has 2 heterocycles. The minimum atomic E-state index is -1.59. The fraction of sp³-hybridized carbons (Fsp3) is 0.250. The number of allylic oxidation sites excluding steroid dienone is 2. The van der Waals surface area contributed by atoms with Crippen molar-refractivity contribution in [1.82, 2.24) is 0 Å². The van der Waals surface area contributed by atoms with Crippen LogP contribution in [0.3, 0.4) is 0 Å². The first-order valence-corrected chi connectivity index (χ1v) is 7.60. The van der Waals surface area contributed by atoms with Crippen LogP contribution in [0, 0.1) is 0 Å². The minimum Gasteiger partial charge on any atom is -0.611 e.